The number of hydrogen-bond donors (Lipinski definition) is 2. The molecule has 6 heteroatoms. The standard InChI is InChI=1S/C14H17Cl2NO3/c1-13(2,12(19)20)14(3,4)17-11(18)8-5-9(15)7-10(16)6-8/h5-7H,1-4H3,(H,17,18)(H,19,20). The number of amides is 1. The summed E-state index contributed by atoms with van der Waals surface area (Å²) >= 11 is 11.7. The number of nitrogens with one attached hydrogen (secondary N) is 1. The molecule has 1 aromatic rings. The lowest BCUT2D eigenvalue weighted by molar-refractivity contribution is -0.150. The third kappa shape index (κ3) is 3.44. The molecule has 1 amide bonds. The Morgan fingerprint density at radius 3 is 1.90 bits per heavy atom. The van der Waals surface area contributed by atoms with Gasteiger partial charge in [-0.05, 0) is 45.9 Å². The SMILES string of the molecule is CC(C)(NC(=O)c1cc(Cl)cc(Cl)c1)C(C)(C)C(=O)O. The predicted octanol–water partition coefficient (Wildman–Crippen LogP) is 3.61. The van der Waals surface area contributed by atoms with Gasteiger partial charge in [0.15, 0.2) is 0 Å². The highest BCUT2D eigenvalue weighted by molar-refractivity contribution is 6.35. The Labute approximate surface area is 128 Å². The van der Waals surface area contributed by atoms with Crippen LogP contribution in [0.3, 0.4) is 0 Å². The molecule has 110 valence electrons. The van der Waals surface area contributed by atoms with E-state index in [0.717, 1.165) is 0 Å². The smallest absolute Gasteiger partial charge is 0.311 e. The van der Waals surface area contributed by atoms with Gasteiger partial charge in [-0.25, -0.2) is 0 Å². The Morgan fingerprint density at radius 1 is 1.05 bits per heavy atom. The summed E-state index contributed by atoms with van der Waals surface area (Å²) in [7, 11) is 0. The lowest BCUT2D eigenvalue weighted by atomic mass is 9.74. The molecule has 4 nitrogen and oxygen atoms in total. The zero-order chi connectivity index (χ0) is 15.7. The van der Waals surface area contributed by atoms with Gasteiger partial charge in [-0.2, -0.15) is 0 Å². The van der Waals surface area contributed by atoms with Crippen molar-refractivity contribution in [2.45, 2.75) is 33.2 Å². The second-order valence-electron chi connectivity index (χ2n) is 5.67. The maximum Gasteiger partial charge on any atom is 0.311 e. The number of carboxylic acids is 1. The zero-order valence-electron chi connectivity index (χ0n) is 11.8. The molecule has 0 saturated heterocycles. The van der Waals surface area contributed by atoms with Gasteiger partial charge in [0.05, 0.1) is 11.0 Å². The zero-order valence-corrected chi connectivity index (χ0v) is 13.3. The highest BCUT2D eigenvalue weighted by atomic mass is 35.5. The molecule has 0 radical (unpaired) electrons. The lowest BCUT2D eigenvalue weighted by Gasteiger charge is -2.38. The Bertz CT molecular complexity index is 533. The van der Waals surface area contributed by atoms with Gasteiger partial charge in [0, 0.05) is 15.6 Å². The molecule has 0 fully saturated rings. The summed E-state index contributed by atoms with van der Waals surface area (Å²) in [4.78, 5) is 23.5. The fourth-order valence-electron chi connectivity index (χ4n) is 1.46. The minimum atomic E-state index is -1.13. The molecule has 0 aliphatic carbocycles. The van der Waals surface area contributed by atoms with E-state index >= 15 is 0 Å². The highest BCUT2D eigenvalue weighted by Crippen LogP contribution is 2.31. The molecular weight excluding hydrogens is 301 g/mol. The molecule has 0 spiro atoms. The van der Waals surface area contributed by atoms with Crippen LogP contribution >= 0.6 is 23.2 Å². The van der Waals surface area contributed by atoms with Gasteiger partial charge < -0.3 is 10.4 Å². The molecule has 0 aliphatic rings. The van der Waals surface area contributed by atoms with Crippen LogP contribution in [0, 0.1) is 5.41 Å². The molecule has 2 N–H and O–H groups in total. The molecule has 0 heterocycles. The van der Waals surface area contributed by atoms with E-state index in [0.29, 0.717) is 10.0 Å². The number of aliphatic carboxylic acids is 1. The predicted molar refractivity (Wildman–Crippen MR) is 79.4 cm³/mol. The van der Waals surface area contributed by atoms with Crippen molar-refractivity contribution in [3.63, 3.8) is 0 Å². The monoisotopic (exact) mass is 317 g/mol. The van der Waals surface area contributed by atoms with Crippen molar-refractivity contribution in [3.8, 4) is 0 Å². The summed E-state index contributed by atoms with van der Waals surface area (Å²) in [5.74, 6) is -1.42. The molecule has 1 aromatic carbocycles. The molecule has 0 aromatic heterocycles. The van der Waals surface area contributed by atoms with E-state index in [4.69, 9.17) is 23.2 Å². The summed E-state index contributed by atoms with van der Waals surface area (Å²) < 4.78 is 0. The van der Waals surface area contributed by atoms with E-state index in [1.165, 1.54) is 18.2 Å². The van der Waals surface area contributed by atoms with Gasteiger partial charge in [-0.15, -0.1) is 0 Å². The number of carboxylic acid groups (broad SMARTS) is 1. The molecule has 20 heavy (non-hydrogen) atoms. The van der Waals surface area contributed by atoms with Gasteiger partial charge in [0.25, 0.3) is 5.91 Å². The van der Waals surface area contributed by atoms with Gasteiger partial charge in [0.2, 0.25) is 0 Å². The maximum absolute atomic E-state index is 12.2. The van der Waals surface area contributed by atoms with E-state index in [1.807, 2.05) is 0 Å². The van der Waals surface area contributed by atoms with Crippen molar-refractivity contribution in [2.24, 2.45) is 5.41 Å². The molecule has 0 saturated carbocycles. The van der Waals surface area contributed by atoms with Crippen LogP contribution in [0.4, 0.5) is 0 Å². The van der Waals surface area contributed by atoms with Crippen molar-refractivity contribution in [1.82, 2.24) is 5.32 Å². The van der Waals surface area contributed by atoms with E-state index in [-0.39, 0.29) is 5.56 Å². The summed E-state index contributed by atoms with van der Waals surface area (Å²) in [5, 5.41) is 12.7. The number of halogens is 2. The van der Waals surface area contributed by atoms with Gasteiger partial charge in [-0.1, -0.05) is 23.2 Å². The van der Waals surface area contributed by atoms with Gasteiger partial charge >= 0.3 is 5.97 Å². The normalized spacial score (nSPS) is 12.1. The number of carbonyl (C=O) groups is 2. The van der Waals surface area contributed by atoms with Crippen molar-refractivity contribution < 1.29 is 14.7 Å². The van der Waals surface area contributed by atoms with E-state index in [9.17, 15) is 14.7 Å². The Morgan fingerprint density at radius 2 is 1.50 bits per heavy atom. The molecule has 0 aliphatic heterocycles. The van der Waals surface area contributed by atoms with Crippen LogP contribution in [-0.2, 0) is 4.79 Å². The summed E-state index contributed by atoms with van der Waals surface area (Å²) in [6.45, 7) is 6.43. The van der Waals surface area contributed by atoms with Crippen molar-refractivity contribution in [1.29, 1.82) is 0 Å². The average Bonchev–Trinajstić information content (AvgIpc) is 2.26. The van der Waals surface area contributed by atoms with E-state index < -0.39 is 22.8 Å². The van der Waals surface area contributed by atoms with Crippen LogP contribution in [0.5, 0.6) is 0 Å². The number of rotatable bonds is 4. The van der Waals surface area contributed by atoms with Gasteiger partial charge in [-0.3, -0.25) is 9.59 Å². The van der Waals surface area contributed by atoms with Crippen LogP contribution in [0.15, 0.2) is 18.2 Å². The molecule has 0 bridgehead atoms. The van der Waals surface area contributed by atoms with Crippen LogP contribution in [0.25, 0.3) is 0 Å². The van der Waals surface area contributed by atoms with Crippen LogP contribution in [0.1, 0.15) is 38.1 Å². The number of hydrogen-bond acceptors (Lipinski definition) is 2. The first kappa shape index (κ1) is 16.8. The third-order valence-electron chi connectivity index (χ3n) is 3.65. The highest BCUT2D eigenvalue weighted by Gasteiger charge is 2.44. The molecule has 1 rings (SSSR count). The quantitative estimate of drug-likeness (QED) is 0.891. The molecule has 0 unspecified atom stereocenters. The average molecular weight is 318 g/mol. The second kappa shape index (κ2) is 5.62. The minimum absolute atomic E-state index is 0.289. The Kier molecular flexibility index (Phi) is 4.72. The Balaban J connectivity index is 3.03. The third-order valence-corrected chi connectivity index (χ3v) is 4.08. The first-order valence-electron chi connectivity index (χ1n) is 5.99. The van der Waals surface area contributed by atoms with Crippen LogP contribution in [0.2, 0.25) is 10.0 Å². The maximum atomic E-state index is 12.2. The Hall–Kier alpha value is -1.26. The lowest BCUT2D eigenvalue weighted by Crippen LogP contribution is -2.56. The largest absolute Gasteiger partial charge is 0.481 e. The molecule has 0 atom stereocenters. The number of benzene rings is 1. The van der Waals surface area contributed by atoms with Crippen LogP contribution < -0.4 is 5.32 Å². The first-order valence-corrected chi connectivity index (χ1v) is 6.75. The first-order chi connectivity index (χ1) is 8.97. The minimum Gasteiger partial charge on any atom is -0.481 e. The topological polar surface area (TPSA) is 66.4 Å². The molecular formula is C14H17Cl2NO3. The van der Waals surface area contributed by atoms with Crippen LogP contribution in [-0.4, -0.2) is 22.5 Å². The van der Waals surface area contributed by atoms with Gasteiger partial charge in [0.1, 0.15) is 0 Å². The summed E-state index contributed by atoms with van der Waals surface area (Å²) in [5.41, 5.74) is -1.80. The summed E-state index contributed by atoms with van der Waals surface area (Å²) in [6, 6.07) is 4.48. The van der Waals surface area contributed by atoms with E-state index in [2.05, 4.69) is 5.32 Å². The van der Waals surface area contributed by atoms with Crippen molar-refractivity contribution in [3.05, 3.63) is 33.8 Å². The number of carbonyl (C=O) groups excluding carboxylic acids is 1. The fraction of sp³-hybridized carbons (Fsp3) is 0.429. The van der Waals surface area contributed by atoms with E-state index in [1.54, 1.807) is 27.7 Å². The second-order valence-corrected chi connectivity index (χ2v) is 6.54. The van der Waals surface area contributed by atoms with Crippen molar-refractivity contribution in [2.75, 3.05) is 0 Å². The summed E-state index contributed by atoms with van der Waals surface area (Å²) in [6.07, 6.45) is 0. The van der Waals surface area contributed by atoms with Crippen molar-refractivity contribution >= 4 is 35.1 Å². The fourth-order valence-corrected chi connectivity index (χ4v) is 1.99.